The van der Waals surface area contributed by atoms with Gasteiger partial charge in [0.2, 0.25) is 0 Å². The molecule has 0 amide bonds. The van der Waals surface area contributed by atoms with Gasteiger partial charge >= 0.3 is 0 Å². The Labute approximate surface area is 79.9 Å². The minimum Gasteiger partial charge on any atom is -0.208 e. The first-order valence-electron chi connectivity index (χ1n) is 3.16. The highest BCUT2D eigenvalue weighted by molar-refractivity contribution is 8.16. The van der Waals surface area contributed by atoms with E-state index in [0.29, 0.717) is 0 Å². The fourth-order valence-electron chi connectivity index (χ4n) is 0.691. The van der Waals surface area contributed by atoms with Gasteiger partial charge < -0.3 is 0 Å². The zero-order valence-electron chi connectivity index (χ0n) is 6.32. The molecule has 0 N–H and O–H groups in total. The number of rotatable bonds is 2. The predicted octanol–water partition coefficient (Wildman–Crippen LogP) is 2.60. The fraction of sp³-hybridized carbons (Fsp3) is 0.143. The van der Waals surface area contributed by atoms with Gasteiger partial charge in [0.1, 0.15) is 0 Å². The molecule has 0 bridgehead atoms. The third kappa shape index (κ3) is 3.38. The second-order valence-corrected chi connectivity index (χ2v) is 6.06. The molecule has 1 rings (SSSR count). The van der Waals surface area contributed by atoms with Gasteiger partial charge in [-0.3, -0.25) is 0 Å². The van der Waals surface area contributed by atoms with Crippen molar-refractivity contribution in [3.63, 3.8) is 0 Å². The maximum Gasteiger partial charge on any atom is 0.254 e. The summed E-state index contributed by atoms with van der Waals surface area (Å²) in [5.41, 5.74) is 0. The van der Waals surface area contributed by atoms with Crippen LogP contribution >= 0.6 is 22.0 Å². The van der Waals surface area contributed by atoms with Crippen molar-refractivity contribution in [2.45, 2.75) is 6.92 Å². The second-order valence-electron chi connectivity index (χ2n) is 2.23. The maximum absolute atomic E-state index is 10.5. The van der Waals surface area contributed by atoms with Crippen LogP contribution in [0, 0.1) is 6.92 Å². The number of thiophene rings is 1. The van der Waals surface area contributed by atoms with E-state index in [0.717, 1.165) is 15.2 Å². The lowest BCUT2D eigenvalue weighted by molar-refractivity contribution is 0.617. The molecule has 66 valence electrons. The van der Waals surface area contributed by atoms with Crippen LogP contribution in [-0.4, -0.2) is 8.42 Å². The number of hydrogen-bond acceptors (Lipinski definition) is 3. The third-order valence-electron chi connectivity index (χ3n) is 1.16. The minimum atomic E-state index is -3.51. The molecule has 0 atom stereocenters. The molecule has 0 aliphatic carbocycles. The molecule has 0 saturated carbocycles. The van der Waals surface area contributed by atoms with Crippen molar-refractivity contribution in [2.24, 2.45) is 0 Å². The Hall–Kier alpha value is -0.320. The molecule has 2 nitrogen and oxygen atoms in total. The van der Waals surface area contributed by atoms with E-state index in [-0.39, 0.29) is 0 Å². The second kappa shape index (κ2) is 3.60. The Balaban J connectivity index is 2.84. The van der Waals surface area contributed by atoms with Gasteiger partial charge in [-0.15, -0.1) is 11.3 Å². The van der Waals surface area contributed by atoms with Crippen molar-refractivity contribution in [3.8, 4) is 0 Å². The highest BCUT2D eigenvalue weighted by Crippen LogP contribution is 2.17. The van der Waals surface area contributed by atoms with Crippen LogP contribution in [0.2, 0.25) is 0 Å². The lowest BCUT2D eigenvalue weighted by atomic mass is 10.4. The lowest BCUT2D eigenvalue weighted by Gasteiger charge is -1.82. The molecule has 0 unspecified atom stereocenters. The average molecular weight is 223 g/mol. The molecule has 1 aromatic rings. The Morgan fingerprint density at radius 3 is 2.58 bits per heavy atom. The monoisotopic (exact) mass is 222 g/mol. The molecule has 0 aliphatic rings. The summed E-state index contributed by atoms with van der Waals surface area (Å²) in [6, 6.07) is 3.77. The van der Waals surface area contributed by atoms with Crippen molar-refractivity contribution in [2.75, 3.05) is 0 Å². The standard InChI is InChI=1S/C7H7ClO2S2/c1-6-2-3-7(11-6)4-5-12(8,9)10/h2-5H,1H3/b5-4+. The minimum absolute atomic E-state index is 0.886. The first-order valence-corrected chi connectivity index (χ1v) is 6.35. The normalized spacial score (nSPS) is 12.5. The Morgan fingerprint density at radius 2 is 2.17 bits per heavy atom. The molecule has 12 heavy (non-hydrogen) atoms. The molecule has 0 radical (unpaired) electrons. The van der Waals surface area contributed by atoms with Gasteiger partial charge in [-0.1, -0.05) is 0 Å². The van der Waals surface area contributed by atoms with Crippen LogP contribution in [0.5, 0.6) is 0 Å². The van der Waals surface area contributed by atoms with E-state index in [1.807, 2.05) is 19.1 Å². The van der Waals surface area contributed by atoms with Crippen LogP contribution in [0.4, 0.5) is 0 Å². The molecule has 0 saturated heterocycles. The summed E-state index contributed by atoms with van der Waals surface area (Å²) < 4.78 is 21.0. The van der Waals surface area contributed by atoms with E-state index < -0.39 is 9.05 Å². The third-order valence-corrected chi connectivity index (χ3v) is 2.89. The van der Waals surface area contributed by atoms with Crippen molar-refractivity contribution < 1.29 is 8.42 Å². The number of hydrogen-bond donors (Lipinski definition) is 0. The molecule has 0 aromatic carbocycles. The molecule has 0 aliphatic heterocycles. The van der Waals surface area contributed by atoms with Gasteiger partial charge in [-0.05, 0) is 25.1 Å². The first-order chi connectivity index (χ1) is 5.47. The zero-order chi connectivity index (χ0) is 9.19. The number of halogens is 1. The quantitative estimate of drug-likeness (QED) is 0.721. The summed E-state index contributed by atoms with van der Waals surface area (Å²) in [4.78, 5) is 2.03. The average Bonchev–Trinajstić information content (AvgIpc) is 2.30. The van der Waals surface area contributed by atoms with Crippen LogP contribution in [0.25, 0.3) is 6.08 Å². The Kier molecular flexibility index (Phi) is 2.93. The summed E-state index contributed by atoms with van der Waals surface area (Å²) >= 11 is 1.52. The predicted molar refractivity (Wildman–Crippen MR) is 52.9 cm³/mol. The van der Waals surface area contributed by atoms with E-state index in [2.05, 4.69) is 0 Å². The Bertz CT molecular complexity index is 389. The van der Waals surface area contributed by atoms with E-state index in [9.17, 15) is 8.42 Å². The molecule has 5 heteroatoms. The lowest BCUT2D eigenvalue weighted by Crippen LogP contribution is -1.77. The van der Waals surface area contributed by atoms with Gasteiger partial charge in [0.15, 0.2) is 0 Å². The van der Waals surface area contributed by atoms with Gasteiger partial charge in [0.25, 0.3) is 9.05 Å². The molecular formula is C7H7ClO2S2. The van der Waals surface area contributed by atoms with Gasteiger partial charge in [-0.25, -0.2) is 8.42 Å². The van der Waals surface area contributed by atoms with Crippen LogP contribution < -0.4 is 0 Å². The summed E-state index contributed by atoms with van der Waals surface area (Å²) in [5.74, 6) is 0. The SMILES string of the molecule is Cc1ccc(/C=C/S(=O)(=O)Cl)s1. The first kappa shape index (κ1) is 9.77. The van der Waals surface area contributed by atoms with Crippen LogP contribution in [0.1, 0.15) is 9.75 Å². The summed E-state index contributed by atoms with van der Waals surface area (Å²) in [6.45, 7) is 1.96. The summed E-state index contributed by atoms with van der Waals surface area (Å²) in [7, 11) is 1.47. The van der Waals surface area contributed by atoms with Crippen LogP contribution in [0.3, 0.4) is 0 Å². The number of aryl methyl sites for hydroxylation is 1. The largest absolute Gasteiger partial charge is 0.254 e. The van der Waals surface area contributed by atoms with E-state index in [4.69, 9.17) is 10.7 Å². The van der Waals surface area contributed by atoms with Crippen molar-refractivity contribution in [1.82, 2.24) is 0 Å². The summed E-state index contributed by atoms with van der Waals surface area (Å²) in [5, 5.41) is 0.986. The molecule has 0 spiro atoms. The zero-order valence-corrected chi connectivity index (χ0v) is 8.71. The van der Waals surface area contributed by atoms with Crippen molar-refractivity contribution in [1.29, 1.82) is 0 Å². The van der Waals surface area contributed by atoms with Gasteiger partial charge in [0.05, 0.1) is 0 Å². The molecule has 1 aromatic heterocycles. The topological polar surface area (TPSA) is 34.1 Å². The van der Waals surface area contributed by atoms with E-state index in [1.54, 1.807) is 0 Å². The fourth-order valence-corrected chi connectivity index (χ4v) is 2.02. The smallest absolute Gasteiger partial charge is 0.208 e. The summed E-state index contributed by atoms with van der Waals surface area (Å²) in [6.07, 6.45) is 1.49. The molecular weight excluding hydrogens is 216 g/mol. The van der Waals surface area contributed by atoms with Gasteiger partial charge in [0, 0.05) is 25.8 Å². The molecule has 1 heterocycles. The van der Waals surface area contributed by atoms with Gasteiger partial charge in [-0.2, -0.15) is 0 Å². The van der Waals surface area contributed by atoms with Crippen LogP contribution in [0.15, 0.2) is 17.5 Å². The molecule has 0 fully saturated rings. The van der Waals surface area contributed by atoms with E-state index in [1.165, 1.54) is 17.4 Å². The highest BCUT2D eigenvalue weighted by atomic mass is 35.7. The highest BCUT2D eigenvalue weighted by Gasteiger charge is 1.97. The van der Waals surface area contributed by atoms with Crippen LogP contribution in [-0.2, 0) is 9.05 Å². The Morgan fingerprint density at radius 1 is 1.50 bits per heavy atom. The van der Waals surface area contributed by atoms with E-state index >= 15 is 0 Å². The van der Waals surface area contributed by atoms with Crippen molar-refractivity contribution >= 4 is 37.1 Å². The van der Waals surface area contributed by atoms with Crippen molar-refractivity contribution in [3.05, 3.63) is 27.3 Å². The maximum atomic E-state index is 10.5.